The second kappa shape index (κ2) is 4.95. The summed E-state index contributed by atoms with van der Waals surface area (Å²) in [5.74, 6) is 0.701. The van der Waals surface area contributed by atoms with E-state index in [4.69, 9.17) is 0 Å². The van der Waals surface area contributed by atoms with Crippen LogP contribution in [0.2, 0.25) is 0 Å². The van der Waals surface area contributed by atoms with Crippen LogP contribution in [0.5, 0.6) is 0 Å². The Balaban J connectivity index is 1.44. The largest absolute Gasteiger partial charge is 0.389 e. The molecule has 0 unspecified atom stereocenters. The lowest BCUT2D eigenvalue weighted by Gasteiger charge is -2.42. The number of aliphatic hydroxyl groups is 1. The van der Waals surface area contributed by atoms with Crippen LogP contribution in [-0.4, -0.2) is 23.3 Å². The first-order valence-corrected chi connectivity index (χ1v) is 7.65. The van der Waals surface area contributed by atoms with E-state index in [1.165, 1.54) is 24.8 Å². The number of nitrogens with one attached hydrogen (secondary N) is 1. The summed E-state index contributed by atoms with van der Waals surface area (Å²) in [6.45, 7) is 0.782. The van der Waals surface area contributed by atoms with E-state index in [1.54, 1.807) is 0 Å². The Morgan fingerprint density at radius 3 is 2.44 bits per heavy atom. The first kappa shape index (κ1) is 12.6. The van der Waals surface area contributed by atoms with Gasteiger partial charge >= 0.3 is 0 Å². The highest BCUT2D eigenvalue weighted by Crippen LogP contribution is 2.38. The fourth-order valence-corrected chi connectivity index (χ4v) is 3.15. The minimum Gasteiger partial charge on any atom is -0.389 e. The zero-order chi connectivity index (χ0) is 12.6. The normalized spacial score (nSPS) is 29.4. The first-order chi connectivity index (χ1) is 8.65. The van der Waals surface area contributed by atoms with Gasteiger partial charge in [-0.3, -0.25) is 0 Å². The van der Waals surface area contributed by atoms with Crippen molar-refractivity contribution in [1.29, 1.82) is 0 Å². The third-order valence-electron chi connectivity index (χ3n) is 4.48. The summed E-state index contributed by atoms with van der Waals surface area (Å²) >= 11 is 3.47. The summed E-state index contributed by atoms with van der Waals surface area (Å²) in [5.41, 5.74) is 1.06. The van der Waals surface area contributed by atoms with Crippen LogP contribution in [0.4, 0.5) is 0 Å². The molecule has 1 aromatic rings. The van der Waals surface area contributed by atoms with Crippen molar-refractivity contribution < 1.29 is 5.11 Å². The van der Waals surface area contributed by atoms with Gasteiger partial charge in [0.2, 0.25) is 0 Å². The molecular weight excluding hydrogens is 290 g/mol. The summed E-state index contributed by atoms with van der Waals surface area (Å²) in [6.07, 6.45) is 5.55. The van der Waals surface area contributed by atoms with Crippen LogP contribution in [-0.2, 0) is 0 Å². The molecular formula is C15H20BrNO. The second-order valence-corrected chi connectivity index (χ2v) is 6.79. The average Bonchev–Trinajstić information content (AvgIpc) is 2.27. The third-order valence-corrected chi connectivity index (χ3v) is 5.01. The van der Waals surface area contributed by atoms with E-state index >= 15 is 0 Å². The number of hydrogen-bond acceptors (Lipinski definition) is 2. The minimum atomic E-state index is -0.386. The van der Waals surface area contributed by atoms with E-state index < -0.39 is 0 Å². The summed E-state index contributed by atoms with van der Waals surface area (Å²) < 4.78 is 1.15. The molecule has 3 rings (SSSR count). The van der Waals surface area contributed by atoms with Crippen LogP contribution in [0, 0.1) is 0 Å². The van der Waals surface area contributed by atoms with Crippen LogP contribution in [0.3, 0.4) is 0 Å². The molecule has 2 aliphatic carbocycles. The van der Waals surface area contributed by atoms with E-state index in [-0.39, 0.29) is 5.60 Å². The van der Waals surface area contributed by atoms with E-state index in [0.29, 0.717) is 12.0 Å². The predicted molar refractivity (Wildman–Crippen MR) is 76.7 cm³/mol. The van der Waals surface area contributed by atoms with Gasteiger partial charge < -0.3 is 10.4 Å². The maximum atomic E-state index is 10.0. The Kier molecular flexibility index (Phi) is 3.48. The molecule has 3 heteroatoms. The van der Waals surface area contributed by atoms with Crippen molar-refractivity contribution in [1.82, 2.24) is 5.32 Å². The maximum absolute atomic E-state index is 10.0. The van der Waals surface area contributed by atoms with Crippen LogP contribution in [0.1, 0.15) is 43.6 Å². The Labute approximate surface area is 117 Å². The molecule has 0 radical (unpaired) electrons. The number of halogens is 1. The molecule has 0 amide bonds. The van der Waals surface area contributed by atoms with Gasteiger partial charge in [0.1, 0.15) is 0 Å². The van der Waals surface area contributed by atoms with Gasteiger partial charge in [-0.2, -0.15) is 0 Å². The Morgan fingerprint density at radius 1 is 1.22 bits per heavy atom. The van der Waals surface area contributed by atoms with E-state index in [0.717, 1.165) is 23.9 Å². The highest BCUT2D eigenvalue weighted by molar-refractivity contribution is 9.10. The highest BCUT2D eigenvalue weighted by atomic mass is 79.9. The van der Waals surface area contributed by atoms with Gasteiger partial charge in [0.05, 0.1) is 5.60 Å². The highest BCUT2D eigenvalue weighted by Gasteiger charge is 2.37. The SMILES string of the molecule is OC1(CNC2CC(c3ccc(Br)cc3)C2)CCC1. The van der Waals surface area contributed by atoms with Crippen molar-refractivity contribution in [2.45, 2.75) is 49.7 Å². The molecule has 0 atom stereocenters. The average molecular weight is 310 g/mol. The summed E-state index contributed by atoms with van der Waals surface area (Å²) in [7, 11) is 0. The zero-order valence-electron chi connectivity index (χ0n) is 10.5. The van der Waals surface area contributed by atoms with Gasteiger partial charge in [-0.15, -0.1) is 0 Å². The second-order valence-electron chi connectivity index (χ2n) is 5.88. The molecule has 2 nitrogen and oxygen atoms in total. The predicted octanol–water partition coefficient (Wildman–Crippen LogP) is 3.20. The number of rotatable bonds is 4. The van der Waals surface area contributed by atoms with E-state index in [2.05, 4.69) is 45.5 Å². The van der Waals surface area contributed by atoms with Crippen LogP contribution in [0.15, 0.2) is 28.7 Å². The molecule has 0 aliphatic heterocycles. The van der Waals surface area contributed by atoms with Crippen LogP contribution < -0.4 is 5.32 Å². The number of benzene rings is 1. The minimum absolute atomic E-state index is 0.386. The van der Waals surface area contributed by atoms with Gasteiger partial charge in [0.15, 0.2) is 0 Å². The quantitative estimate of drug-likeness (QED) is 0.895. The lowest BCUT2D eigenvalue weighted by Crippen LogP contribution is -2.51. The molecule has 0 spiro atoms. The van der Waals surface area contributed by atoms with Crippen molar-refractivity contribution in [3.05, 3.63) is 34.3 Å². The third kappa shape index (κ3) is 2.63. The van der Waals surface area contributed by atoms with Crippen LogP contribution >= 0.6 is 15.9 Å². The fourth-order valence-electron chi connectivity index (χ4n) is 2.89. The molecule has 2 fully saturated rings. The summed E-state index contributed by atoms with van der Waals surface area (Å²) in [5, 5.41) is 13.5. The summed E-state index contributed by atoms with van der Waals surface area (Å²) in [4.78, 5) is 0. The van der Waals surface area contributed by atoms with Crippen molar-refractivity contribution in [3.8, 4) is 0 Å². The number of hydrogen-bond donors (Lipinski definition) is 2. The fraction of sp³-hybridized carbons (Fsp3) is 0.600. The van der Waals surface area contributed by atoms with Crippen molar-refractivity contribution in [2.75, 3.05) is 6.54 Å². The molecule has 98 valence electrons. The van der Waals surface area contributed by atoms with Gasteiger partial charge in [0, 0.05) is 17.1 Å². The smallest absolute Gasteiger partial charge is 0.0771 e. The van der Waals surface area contributed by atoms with Gasteiger partial charge in [-0.05, 0) is 55.7 Å². The van der Waals surface area contributed by atoms with E-state index in [1.807, 2.05) is 0 Å². The Bertz CT molecular complexity index is 407. The Hall–Kier alpha value is -0.380. The van der Waals surface area contributed by atoms with Crippen LogP contribution in [0.25, 0.3) is 0 Å². The molecule has 0 heterocycles. The van der Waals surface area contributed by atoms with Gasteiger partial charge in [-0.25, -0.2) is 0 Å². The monoisotopic (exact) mass is 309 g/mol. The van der Waals surface area contributed by atoms with Crippen molar-refractivity contribution in [3.63, 3.8) is 0 Å². The summed E-state index contributed by atoms with van der Waals surface area (Å²) in [6, 6.07) is 9.26. The molecule has 0 aromatic heterocycles. The lowest BCUT2D eigenvalue weighted by molar-refractivity contribution is -0.0354. The molecule has 2 aliphatic rings. The van der Waals surface area contributed by atoms with Crippen molar-refractivity contribution >= 4 is 15.9 Å². The molecule has 1 aromatic carbocycles. The molecule has 18 heavy (non-hydrogen) atoms. The zero-order valence-corrected chi connectivity index (χ0v) is 12.1. The first-order valence-electron chi connectivity index (χ1n) is 6.86. The molecule has 2 saturated carbocycles. The van der Waals surface area contributed by atoms with Gasteiger partial charge in [0.25, 0.3) is 0 Å². The molecule has 0 bridgehead atoms. The van der Waals surface area contributed by atoms with E-state index in [9.17, 15) is 5.11 Å². The van der Waals surface area contributed by atoms with Crippen molar-refractivity contribution in [2.24, 2.45) is 0 Å². The Morgan fingerprint density at radius 2 is 1.89 bits per heavy atom. The topological polar surface area (TPSA) is 32.3 Å². The lowest BCUT2D eigenvalue weighted by atomic mass is 9.74. The maximum Gasteiger partial charge on any atom is 0.0771 e. The molecule has 2 N–H and O–H groups in total. The molecule has 0 saturated heterocycles. The standard InChI is InChI=1S/C15H20BrNO/c16-13-4-2-11(3-5-13)12-8-14(9-12)17-10-15(18)6-1-7-15/h2-5,12,14,17-18H,1,6-10H2. The van der Waals surface area contributed by atoms with Gasteiger partial charge in [-0.1, -0.05) is 28.1 Å².